The Labute approximate surface area is 133 Å². The molecule has 2 rings (SSSR count). The third kappa shape index (κ3) is 3.88. The fourth-order valence-corrected chi connectivity index (χ4v) is 2.83. The van der Waals surface area contributed by atoms with Crippen molar-refractivity contribution in [3.05, 3.63) is 32.6 Å². The average molecular weight is 322 g/mol. The molecule has 1 saturated heterocycles. The largest absolute Gasteiger partial charge is 0.356 e. The summed E-state index contributed by atoms with van der Waals surface area (Å²) in [5.74, 6) is -0.539. The minimum absolute atomic E-state index is 0.0742. The van der Waals surface area contributed by atoms with Gasteiger partial charge < -0.3 is 14.8 Å². The van der Waals surface area contributed by atoms with Crippen molar-refractivity contribution in [3.63, 3.8) is 0 Å². The minimum Gasteiger partial charge on any atom is -0.356 e. The number of nitrogens with zero attached hydrogens (tertiary/aromatic N) is 2. The highest BCUT2D eigenvalue weighted by atomic mass is 16.2. The number of H-pyrrole nitrogens is 1. The Morgan fingerprint density at radius 2 is 2.09 bits per heavy atom. The van der Waals surface area contributed by atoms with Gasteiger partial charge in [0.05, 0.1) is 0 Å². The van der Waals surface area contributed by atoms with Gasteiger partial charge in [-0.3, -0.25) is 19.4 Å². The Bertz CT molecular complexity index is 706. The molecule has 23 heavy (non-hydrogen) atoms. The van der Waals surface area contributed by atoms with Crippen molar-refractivity contribution in [1.29, 1.82) is 0 Å². The first-order valence-electron chi connectivity index (χ1n) is 7.81. The van der Waals surface area contributed by atoms with Crippen molar-refractivity contribution in [2.24, 2.45) is 7.05 Å². The summed E-state index contributed by atoms with van der Waals surface area (Å²) in [6.07, 6.45) is 3.98. The van der Waals surface area contributed by atoms with E-state index in [1.165, 1.54) is 13.2 Å². The van der Waals surface area contributed by atoms with Crippen molar-refractivity contribution < 1.29 is 9.59 Å². The number of likely N-dealkylation sites (tertiary alicyclic amines) is 1. The summed E-state index contributed by atoms with van der Waals surface area (Å²) in [5, 5.41) is 2.73. The second-order valence-corrected chi connectivity index (χ2v) is 5.72. The lowest BCUT2D eigenvalue weighted by Crippen LogP contribution is -2.48. The van der Waals surface area contributed by atoms with Gasteiger partial charge in [0.2, 0.25) is 5.91 Å². The van der Waals surface area contributed by atoms with Crippen LogP contribution in [-0.4, -0.2) is 45.4 Å². The van der Waals surface area contributed by atoms with Crippen LogP contribution in [0.25, 0.3) is 0 Å². The standard InChI is InChI=1S/C15H22N4O4/c1-3-16-12(20)8-10-6-4-5-7-19(10)14(22)11-9-18(2)15(23)17-13(11)21/h9-10H,3-8H2,1-2H3,(H,16,20)(H,17,21,23). The Kier molecular flexibility index (Phi) is 5.36. The lowest BCUT2D eigenvalue weighted by Gasteiger charge is -2.35. The first-order valence-corrected chi connectivity index (χ1v) is 7.81. The summed E-state index contributed by atoms with van der Waals surface area (Å²) >= 11 is 0. The second-order valence-electron chi connectivity index (χ2n) is 5.72. The van der Waals surface area contributed by atoms with Crippen molar-refractivity contribution in [3.8, 4) is 0 Å². The van der Waals surface area contributed by atoms with Crippen LogP contribution in [0, 0.1) is 0 Å². The smallest absolute Gasteiger partial charge is 0.328 e. The van der Waals surface area contributed by atoms with Gasteiger partial charge in [-0.15, -0.1) is 0 Å². The maximum absolute atomic E-state index is 12.7. The molecule has 0 spiro atoms. The molecular formula is C15H22N4O4. The van der Waals surface area contributed by atoms with E-state index in [0.29, 0.717) is 13.1 Å². The molecular weight excluding hydrogens is 300 g/mol. The van der Waals surface area contributed by atoms with E-state index in [2.05, 4.69) is 10.3 Å². The number of aromatic amines is 1. The number of nitrogens with one attached hydrogen (secondary N) is 2. The third-order valence-corrected chi connectivity index (χ3v) is 4.02. The molecule has 0 aromatic carbocycles. The lowest BCUT2D eigenvalue weighted by molar-refractivity contribution is -0.122. The van der Waals surface area contributed by atoms with Crippen LogP contribution in [0.3, 0.4) is 0 Å². The maximum Gasteiger partial charge on any atom is 0.328 e. The first kappa shape index (κ1) is 17.0. The van der Waals surface area contributed by atoms with Crippen LogP contribution >= 0.6 is 0 Å². The molecule has 1 aromatic rings. The van der Waals surface area contributed by atoms with E-state index < -0.39 is 17.2 Å². The highest BCUT2D eigenvalue weighted by Gasteiger charge is 2.30. The summed E-state index contributed by atoms with van der Waals surface area (Å²) in [7, 11) is 1.47. The number of hydrogen-bond acceptors (Lipinski definition) is 4. The number of carbonyl (C=O) groups excluding carboxylic acids is 2. The quantitative estimate of drug-likeness (QED) is 0.786. The molecule has 1 atom stereocenters. The van der Waals surface area contributed by atoms with Crippen molar-refractivity contribution >= 4 is 11.8 Å². The molecule has 0 aliphatic carbocycles. The van der Waals surface area contributed by atoms with Gasteiger partial charge in [0.25, 0.3) is 11.5 Å². The molecule has 1 fully saturated rings. The Balaban J connectivity index is 2.25. The predicted molar refractivity (Wildman–Crippen MR) is 84.3 cm³/mol. The number of hydrogen-bond donors (Lipinski definition) is 2. The number of rotatable bonds is 4. The molecule has 0 saturated carbocycles. The van der Waals surface area contributed by atoms with Gasteiger partial charge in [0.1, 0.15) is 5.56 Å². The zero-order chi connectivity index (χ0) is 17.0. The van der Waals surface area contributed by atoms with Gasteiger partial charge in [-0.2, -0.15) is 0 Å². The number of carbonyl (C=O) groups is 2. The molecule has 126 valence electrons. The van der Waals surface area contributed by atoms with E-state index in [9.17, 15) is 19.2 Å². The third-order valence-electron chi connectivity index (χ3n) is 4.02. The van der Waals surface area contributed by atoms with Crippen molar-refractivity contribution in [2.45, 2.75) is 38.6 Å². The van der Waals surface area contributed by atoms with Crippen LogP contribution in [0.4, 0.5) is 0 Å². The average Bonchev–Trinajstić information content (AvgIpc) is 2.51. The van der Waals surface area contributed by atoms with Crippen LogP contribution in [0.2, 0.25) is 0 Å². The molecule has 2 heterocycles. The topological polar surface area (TPSA) is 104 Å². The van der Waals surface area contributed by atoms with Gasteiger partial charge in [-0.1, -0.05) is 0 Å². The fraction of sp³-hybridized carbons (Fsp3) is 0.600. The summed E-state index contributed by atoms with van der Waals surface area (Å²) in [4.78, 5) is 51.5. The Hall–Kier alpha value is -2.38. The molecule has 1 aliphatic rings. The predicted octanol–water partition coefficient (Wildman–Crippen LogP) is -0.405. The molecule has 2 N–H and O–H groups in total. The van der Waals surface area contributed by atoms with E-state index in [1.54, 1.807) is 4.90 Å². The van der Waals surface area contributed by atoms with E-state index in [0.717, 1.165) is 23.8 Å². The second kappa shape index (κ2) is 7.26. The molecule has 1 aliphatic heterocycles. The van der Waals surface area contributed by atoms with Gasteiger partial charge >= 0.3 is 5.69 Å². The van der Waals surface area contributed by atoms with E-state index in [1.807, 2.05) is 6.92 Å². The van der Waals surface area contributed by atoms with Crippen LogP contribution < -0.4 is 16.6 Å². The zero-order valence-corrected chi connectivity index (χ0v) is 13.4. The SMILES string of the molecule is CCNC(=O)CC1CCCCN1C(=O)c1cn(C)c(=O)[nH]c1=O. The number of piperidine rings is 1. The maximum atomic E-state index is 12.7. The normalized spacial score (nSPS) is 17.8. The molecule has 0 radical (unpaired) electrons. The first-order chi connectivity index (χ1) is 10.9. The Morgan fingerprint density at radius 3 is 2.78 bits per heavy atom. The highest BCUT2D eigenvalue weighted by molar-refractivity contribution is 5.94. The van der Waals surface area contributed by atoms with E-state index in [4.69, 9.17) is 0 Å². The minimum atomic E-state index is -0.694. The van der Waals surface area contributed by atoms with Crippen LogP contribution in [-0.2, 0) is 11.8 Å². The molecule has 1 aromatic heterocycles. The number of amides is 2. The Morgan fingerprint density at radius 1 is 1.35 bits per heavy atom. The highest BCUT2D eigenvalue weighted by Crippen LogP contribution is 2.21. The van der Waals surface area contributed by atoms with Crippen LogP contribution in [0.5, 0.6) is 0 Å². The molecule has 8 nitrogen and oxygen atoms in total. The van der Waals surface area contributed by atoms with Crippen LogP contribution in [0.1, 0.15) is 43.0 Å². The summed E-state index contributed by atoms with van der Waals surface area (Å²) in [6.45, 7) is 2.89. The number of aromatic nitrogens is 2. The monoisotopic (exact) mass is 322 g/mol. The summed E-state index contributed by atoms with van der Waals surface area (Å²) < 4.78 is 1.16. The van der Waals surface area contributed by atoms with Crippen molar-refractivity contribution in [1.82, 2.24) is 19.8 Å². The molecule has 1 unspecified atom stereocenters. The van der Waals surface area contributed by atoms with Crippen LogP contribution in [0.15, 0.2) is 15.8 Å². The lowest BCUT2D eigenvalue weighted by atomic mass is 9.98. The molecule has 8 heteroatoms. The van der Waals surface area contributed by atoms with Gasteiger partial charge in [0, 0.05) is 38.8 Å². The summed E-state index contributed by atoms with van der Waals surface area (Å²) in [6, 6.07) is -0.223. The number of aryl methyl sites for hydroxylation is 1. The zero-order valence-electron chi connectivity index (χ0n) is 13.4. The van der Waals surface area contributed by atoms with Gasteiger partial charge in [0.15, 0.2) is 0 Å². The van der Waals surface area contributed by atoms with Gasteiger partial charge in [-0.05, 0) is 26.2 Å². The summed E-state index contributed by atoms with van der Waals surface area (Å²) in [5.41, 5.74) is -1.33. The van der Waals surface area contributed by atoms with E-state index >= 15 is 0 Å². The fourth-order valence-electron chi connectivity index (χ4n) is 2.83. The van der Waals surface area contributed by atoms with E-state index in [-0.39, 0.29) is 23.9 Å². The molecule has 2 amide bonds. The molecule has 0 bridgehead atoms. The van der Waals surface area contributed by atoms with Gasteiger partial charge in [-0.25, -0.2) is 4.79 Å². The van der Waals surface area contributed by atoms with Crippen molar-refractivity contribution in [2.75, 3.05) is 13.1 Å².